The Balaban J connectivity index is 0.000000273. The SMILES string of the molecule is CC(C)(C)C1CCC1.CC(C)(C)C1CCCC1.CC(C)(C)C1CCCC1.CC(C)(C)C1CCCCC1.CC(C)(C)C1CCCCC1.CC(C)(C)C1CCCCCC1.CC(C)(C)C1CCCOC1.CC(C)C1(C)CC1.CC(C)C1C2CCCC21.CC(C)C1CC2CCCC2C1. The molecule has 0 N–H and O–H groups in total. The van der Waals surface area contributed by atoms with Gasteiger partial charge in [0.2, 0.25) is 0 Å². The summed E-state index contributed by atoms with van der Waals surface area (Å²) in [6.07, 6.45) is 57.7. The van der Waals surface area contributed by atoms with Gasteiger partial charge in [-0.3, -0.25) is 0 Å². The zero-order valence-electron chi connectivity index (χ0n) is 70.6. The number of hydrogen-bond acceptors (Lipinski definition) is 1. The predicted molar refractivity (Wildman–Crippen MR) is 425 cm³/mol. The van der Waals surface area contributed by atoms with Crippen LogP contribution < -0.4 is 0 Å². The van der Waals surface area contributed by atoms with Gasteiger partial charge in [-0.15, -0.1) is 0 Å². The van der Waals surface area contributed by atoms with Gasteiger partial charge in [0.05, 0.1) is 0 Å². The van der Waals surface area contributed by atoms with Crippen LogP contribution in [0.25, 0.3) is 0 Å². The molecule has 560 valence electrons. The molecule has 12 fully saturated rings. The molecular formula is C93H182O. The van der Waals surface area contributed by atoms with Crippen LogP contribution in [0.2, 0.25) is 0 Å². The second-order valence-electron chi connectivity index (χ2n) is 43.7. The van der Waals surface area contributed by atoms with Gasteiger partial charge in [0.15, 0.2) is 0 Å². The molecule has 0 aromatic carbocycles. The lowest BCUT2D eigenvalue weighted by atomic mass is 9.69. The second kappa shape index (κ2) is 41.3. The maximum atomic E-state index is 5.41. The summed E-state index contributed by atoms with van der Waals surface area (Å²) in [5, 5.41) is 0. The first-order valence-electron chi connectivity index (χ1n) is 43.0. The van der Waals surface area contributed by atoms with E-state index in [1.807, 2.05) is 0 Å². The van der Waals surface area contributed by atoms with Crippen LogP contribution in [0.15, 0.2) is 0 Å². The van der Waals surface area contributed by atoms with Gasteiger partial charge in [0.1, 0.15) is 0 Å². The number of ether oxygens (including phenoxy) is 1. The van der Waals surface area contributed by atoms with Crippen LogP contribution in [0.4, 0.5) is 0 Å². The quantitative estimate of drug-likeness (QED) is 0.256. The summed E-state index contributed by atoms with van der Waals surface area (Å²) in [6.45, 7) is 68.1. The zero-order valence-corrected chi connectivity index (χ0v) is 70.6. The average molecular weight is 1320 g/mol. The molecule has 1 saturated heterocycles. The van der Waals surface area contributed by atoms with Crippen LogP contribution in [0.1, 0.15) is 444 Å². The molecule has 1 nitrogen and oxygen atoms in total. The summed E-state index contributed by atoms with van der Waals surface area (Å²) in [5.41, 5.74) is 4.65. The van der Waals surface area contributed by atoms with Gasteiger partial charge in [0.25, 0.3) is 0 Å². The average Bonchev–Trinajstić information content (AvgIpc) is 1.60. The minimum Gasteiger partial charge on any atom is -0.381 e. The molecule has 5 unspecified atom stereocenters. The van der Waals surface area contributed by atoms with E-state index in [0.717, 1.165) is 101 Å². The first-order valence-corrected chi connectivity index (χ1v) is 43.0. The molecule has 94 heavy (non-hydrogen) atoms. The highest BCUT2D eigenvalue weighted by Gasteiger charge is 2.53. The highest BCUT2D eigenvalue weighted by molar-refractivity contribution is 5.02. The molecule has 11 saturated carbocycles. The maximum Gasteiger partial charge on any atom is 0.0499 e. The van der Waals surface area contributed by atoms with E-state index >= 15 is 0 Å². The summed E-state index contributed by atoms with van der Waals surface area (Å²) < 4.78 is 5.41. The van der Waals surface area contributed by atoms with Crippen molar-refractivity contribution in [3.05, 3.63) is 0 Å². The van der Waals surface area contributed by atoms with Gasteiger partial charge >= 0.3 is 0 Å². The minimum atomic E-state index is 0.445. The van der Waals surface area contributed by atoms with Crippen molar-refractivity contribution in [2.45, 2.75) is 444 Å². The first kappa shape index (κ1) is 88.2. The van der Waals surface area contributed by atoms with Crippen molar-refractivity contribution in [3.8, 4) is 0 Å². The molecule has 5 atom stereocenters. The number of rotatable bonds is 3. The normalized spacial score (nSPS) is 28.6. The summed E-state index contributed by atoms with van der Waals surface area (Å²) >= 11 is 0. The van der Waals surface area contributed by atoms with Crippen LogP contribution in [0.3, 0.4) is 0 Å². The molecule has 12 rings (SSSR count). The van der Waals surface area contributed by atoms with Crippen molar-refractivity contribution in [1.82, 2.24) is 0 Å². The van der Waals surface area contributed by atoms with E-state index < -0.39 is 0 Å². The van der Waals surface area contributed by atoms with E-state index in [1.54, 1.807) is 38.5 Å². The fraction of sp³-hybridized carbons (Fsp3) is 1.00. The highest BCUT2D eigenvalue weighted by Crippen LogP contribution is 2.60. The molecule has 0 aromatic rings. The highest BCUT2D eigenvalue weighted by atomic mass is 16.5. The van der Waals surface area contributed by atoms with Gasteiger partial charge < -0.3 is 4.74 Å². The summed E-state index contributed by atoms with van der Waals surface area (Å²) in [5.74, 6) is 16.5. The molecular weight excluding hydrogens is 1130 g/mol. The second-order valence-corrected chi connectivity index (χ2v) is 43.7. The van der Waals surface area contributed by atoms with Crippen molar-refractivity contribution < 1.29 is 4.74 Å². The number of hydrogen-bond donors (Lipinski definition) is 0. The third-order valence-electron chi connectivity index (χ3n) is 28.3. The predicted octanol–water partition coefficient (Wildman–Crippen LogP) is 31.6. The number of fused-ring (bicyclic) bond motifs is 2. The lowest BCUT2D eigenvalue weighted by Gasteiger charge is -2.37. The monoisotopic (exact) mass is 1320 g/mol. The lowest BCUT2D eigenvalue weighted by Crippen LogP contribution is -2.29. The van der Waals surface area contributed by atoms with E-state index in [4.69, 9.17) is 4.74 Å². The van der Waals surface area contributed by atoms with Crippen LogP contribution in [0, 0.1) is 138 Å². The molecule has 1 aliphatic heterocycles. The Morgan fingerprint density at radius 1 is 0.277 bits per heavy atom. The standard InChI is InChI=1S/C11H20.C11H22.2C10H20.C9H18O.C9H16.2C9H18.C8H16.C7H14/c1-8(2)11-6-9-4-3-5-10(9)7-11;1-11(2,3)10-8-6-4-5-7-9-10;2*1-10(2,3)9-7-5-4-6-8-9;1-9(2,3)8-5-4-6-10-7-8;1-6(2)9-7-4-3-5-8(7)9;2*1-9(2,3)8-6-4-5-7-8;1-8(2,3)7-5-4-6-7;1-6(2)7(3)4-5-7/h8-11H,3-7H2,1-2H3;10H,4-9H2,1-3H3;2*9H,4-8H2,1-3H3;8H,4-7H2,1-3H3;6-9H,3-5H2,1-2H3;2*8H,4-7H2,1-3H3;7H,4-6H2,1-3H3;6H,4-5H2,1-3H3. The van der Waals surface area contributed by atoms with Gasteiger partial charge in [-0.05, 0) is 266 Å². The molecule has 1 heteroatoms. The van der Waals surface area contributed by atoms with Crippen LogP contribution in [0.5, 0.6) is 0 Å². The summed E-state index contributed by atoms with van der Waals surface area (Å²) in [7, 11) is 0. The Bertz CT molecular complexity index is 1730. The molecule has 0 bridgehead atoms. The topological polar surface area (TPSA) is 9.23 Å². The van der Waals surface area contributed by atoms with E-state index in [9.17, 15) is 0 Å². The third kappa shape index (κ3) is 34.8. The van der Waals surface area contributed by atoms with Crippen molar-refractivity contribution in [1.29, 1.82) is 0 Å². The third-order valence-corrected chi connectivity index (χ3v) is 28.3. The Kier molecular flexibility index (Phi) is 38.7. The first-order chi connectivity index (χ1) is 43.5. The molecule has 11 aliphatic carbocycles. The van der Waals surface area contributed by atoms with Crippen LogP contribution >= 0.6 is 0 Å². The van der Waals surface area contributed by atoms with Gasteiger partial charge in [-0.25, -0.2) is 0 Å². The van der Waals surface area contributed by atoms with E-state index in [2.05, 4.69) is 194 Å². The Morgan fingerprint density at radius 3 is 0.702 bits per heavy atom. The molecule has 0 amide bonds. The van der Waals surface area contributed by atoms with Crippen molar-refractivity contribution in [3.63, 3.8) is 0 Å². The van der Waals surface area contributed by atoms with Gasteiger partial charge in [-0.1, -0.05) is 316 Å². The van der Waals surface area contributed by atoms with Gasteiger partial charge in [-0.2, -0.15) is 0 Å². The Morgan fingerprint density at radius 2 is 0.521 bits per heavy atom. The largest absolute Gasteiger partial charge is 0.381 e. The lowest BCUT2D eigenvalue weighted by molar-refractivity contribution is 0.0103. The fourth-order valence-electron chi connectivity index (χ4n) is 19.2. The van der Waals surface area contributed by atoms with E-state index in [0.29, 0.717) is 37.9 Å². The Hall–Kier alpha value is -0.0400. The fourth-order valence-corrected chi connectivity index (χ4v) is 19.2. The van der Waals surface area contributed by atoms with Crippen molar-refractivity contribution in [2.24, 2.45) is 138 Å². The van der Waals surface area contributed by atoms with E-state index in [1.165, 1.54) is 224 Å². The Labute approximate surface area is 596 Å². The molecule has 0 spiro atoms. The van der Waals surface area contributed by atoms with Crippen molar-refractivity contribution >= 4 is 0 Å². The van der Waals surface area contributed by atoms with Crippen LogP contribution in [-0.4, -0.2) is 13.2 Å². The molecule has 0 radical (unpaired) electrons. The van der Waals surface area contributed by atoms with Crippen molar-refractivity contribution in [2.75, 3.05) is 13.2 Å². The minimum absolute atomic E-state index is 0.445. The maximum absolute atomic E-state index is 5.41. The molecule has 12 aliphatic rings. The zero-order chi connectivity index (χ0) is 70.9. The smallest absolute Gasteiger partial charge is 0.0499 e. The van der Waals surface area contributed by atoms with Crippen LogP contribution in [-0.2, 0) is 4.74 Å². The summed E-state index contributed by atoms with van der Waals surface area (Å²) in [4.78, 5) is 0. The summed E-state index contributed by atoms with van der Waals surface area (Å²) in [6, 6.07) is 0. The van der Waals surface area contributed by atoms with Gasteiger partial charge in [0, 0.05) is 13.2 Å². The molecule has 0 aromatic heterocycles. The van der Waals surface area contributed by atoms with E-state index in [-0.39, 0.29) is 0 Å². The molecule has 1 heterocycles.